The number of amides is 1. The molecule has 1 saturated carbocycles. The summed E-state index contributed by atoms with van der Waals surface area (Å²) in [5.74, 6) is 0.609. The minimum absolute atomic E-state index is 0.0795. The fourth-order valence-electron chi connectivity index (χ4n) is 3.23. The molecule has 92 valence electrons. The van der Waals surface area contributed by atoms with Gasteiger partial charge in [0.15, 0.2) is 0 Å². The topological polar surface area (TPSA) is 40.5 Å². The maximum absolute atomic E-state index is 12.2. The number of carbonyl (C=O) groups excluding carboxylic acids is 1. The van der Waals surface area contributed by atoms with E-state index in [1.807, 2.05) is 4.90 Å². The van der Waals surface area contributed by atoms with Crippen molar-refractivity contribution in [2.75, 3.05) is 6.54 Å². The summed E-state index contributed by atoms with van der Waals surface area (Å²) in [6.45, 7) is 4.04. The van der Waals surface area contributed by atoms with Crippen molar-refractivity contribution >= 4 is 5.91 Å². The zero-order valence-corrected chi connectivity index (χ0v) is 10.4. The molecule has 1 amide bonds. The molecule has 0 spiro atoms. The van der Waals surface area contributed by atoms with E-state index in [-0.39, 0.29) is 5.91 Å². The molecule has 0 aromatic carbocycles. The van der Waals surface area contributed by atoms with Crippen molar-refractivity contribution in [3.8, 4) is 0 Å². The van der Waals surface area contributed by atoms with E-state index in [9.17, 15) is 9.90 Å². The van der Waals surface area contributed by atoms with Gasteiger partial charge < -0.3 is 10.0 Å². The molecule has 2 aliphatic rings. The van der Waals surface area contributed by atoms with Gasteiger partial charge in [0.25, 0.3) is 5.91 Å². The molecule has 2 atom stereocenters. The summed E-state index contributed by atoms with van der Waals surface area (Å²) in [6, 6.07) is 0.404. The van der Waals surface area contributed by atoms with Crippen molar-refractivity contribution in [2.45, 2.75) is 64.0 Å². The molecule has 0 bridgehead atoms. The number of carbonyl (C=O) groups is 1. The van der Waals surface area contributed by atoms with Gasteiger partial charge in [-0.05, 0) is 45.4 Å². The van der Waals surface area contributed by atoms with Crippen LogP contribution >= 0.6 is 0 Å². The minimum atomic E-state index is -1.21. The molecule has 1 saturated heterocycles. The van der Waals surface area contributed by atoms with Crippen molar-refractivity contribution in [1.29, 1.82) is 0 Å². The zero-order chi connectivity index (χ0) is 11.8. The lowest BCUT2D eigenvalue weighted by Gasteiger charge is -2.45. The number of rotatable bonds is 1. The molecular formula is C13H23NO2. The number of likely N-dealkylation sites (tertiary alicyclic amines) is 1. The lowest BCUT2D eigenvalue weighted by molar-refractivity contribution is -0.154. The van der Waals surface area contributed by atoms with Crippen molar-refractivity contribution in [1.82, 2.24) is 4.90 Å². The summed E-state index contributed by atoms with van der Waals surface area (Å²) in [7, 11) is 0. The molecule has 0 radical (unpaired) electrons. The Labute approximate surface area is 97.8 Å². The normalized spacial score (nSPS) is 31.1. The van der Waals surface area contributed by atoms with E-state index in [4.69, 9.17) is 0 Å². The summed E-state index contributed by atoms with van der Waals surface area (Å²) in [5.41, 5.74) is -1.21. The predicted molar refractivity (Wildman–Crippen MR) is 63.0 cm³/mol. The van der Waals surface area contributed by atoms with Crippen LogP contribution in [0.3, 0.4) is 0 Å². The monoisotopic (exact) mass is 225 g/mol. The Morgan fingerprint density at radius 1 is 1.19 bits per heavy atom. The van der Waals surface area contributed by atoms with Gasteiger partial charge in [0.05, 0.1) is 0 Å². The highest BCUT2D eigenvalue weighted by atomic mass is 16.3. The third-order valence-electron chi connectivity index (χ3n) is 4.03. The number of piperidine rings is 1. The Morgan fingerprint density at radius 3 is 2.50 bits per heavy atom. The maximum Gasteiger partial charge on any atom is 0.254 e. The summed E-state index contributed by atoms with van der Waals surface area (Å²) < 4.78 is 0. The Kier molecular flexibility index (Phi) is 3.24. The van der Waals surface area contributed by atoms with Crippen LogP contribution in [0.25, 0.3) is 0 Å². The molecule has 1 heterocycles. The summed E-state index contributed by atoms with van der Waals surface area (Å²) in [4.78, 5) is 14.1. The average Bonchev–Trinajstić information content (AvgIpc) is 2.26. The first kappa shape index (κ1) is 11.9. The SMILES string of the molecule is CC(C)(O)C(=O)N1CCCC2CCCCC21. The fourth-order valence-corrected chi connectivity index (χ4v) is 3.23. The van der Waals surface area contributed by atoms with Crippen molar-refractivity contribution < 1.29 is 9.90 Å². The van der Waals surface area contributed by atoms with Gasteiger partial charge in [0.2, 0.25) is 0 Å². The summed E-state index contributed by atoms with van der Waals surface area (Å²) >= 11 is 0. The first-order valence-corrected chi connectivity index (χ1v) is 6.53. The molecular weight excluding hydrogens is 202 g/mol. The van der Waals surface area contributed by atoms with Gasteiger partial charge in [0, 0.05) is 12.6 Å². The number of fused-ring (bicyclic) bond motifs is 1. The standard InChI is InChI=1S/C13H23NO2/c1-13(2,16)12(15)14-9-5-7-10-6-3-4-8-11(10)14/h10-11,16H,3-9H2,1-2H3. The first-order valence-electron chi connectivity index (χ1n) is 6.53. The molecule has 3 heteroatoms. The predicted octanol–water partition coefficient (Wildman–Crippen LogP) is 1.94. The van der Waals surface area contributed by atoms with E-state index in [2.05, 4.69) is 0 Å². The van der Waals surface area contributed by atoms with Gasteiger partial charge >= 0.3 is 0 Å². The Hall–Kier alpha value is -0.570. The summed E-state index contributed by atoms with van der Waals surface area (Å²) in [6.07, 6.45) is 7.30. The van der Waals surface area contributed by atoms with Crippen LogP contribution in [0.5, 0.6) is 0 Å². The molecule has 1 aliphatic carbocycles. The van der Waals surface area contributed by atoms with Gasteiger partial charge in [-0.15, -0.1) is 0 Å². The Morgan fingerprint density at radius 2 is 1.81 bits per heavy atom. The van der Waals surface area contributed by atoms with E-state index in [1.54, 1.807) is 13.8 Å². The lowest BCUT2D eigenvalue weighted by atomic mass is 9.78. The van der Waals surface area contributed by atoms with Crippen molar-refractivity contribution in [3.05, 3.63) is 0 Å². The largest absolute Gasteiger partial charge is 0.381 e. The smallest absolute Gasteiger partial charge is 0.254 e. The van der Waals surface area contributed by atoms with Gasteiger partial charge in [-0.1, -0.05) is 12.8 Å². The second-order valence-corrected chi connectivity index (χ2v) is 5.81. The average molecular weight is 225 g/mol. The van der Waals surface area contributed by atoms with Crippen LogP contribution in [0.1, 0.15) is 52.4 Å². The molecule has 0 aromatic rings. The van der Waals surface area contributed by atoms with Gasteiger partial charge in [-0.3, -0.25) is 4.79 Å². The number of hydrogen-bond donors (Lipinski definition) is 1. The Bertz CT molecular complexity index is 268. The molecule has 1 aliphatic heterocycles. The highest BCUT2D eigenvalue weighted by molar-refractivity contribution is 5.84. The molecule has 2 rings (SSSR count). The summed E-state index contributed by atoms with van der Waals surface area (Å²) in [5, 5.41) is 9.84. The van der Waals surface area contributed by atoms with Crippen molar-refractivity contribution in [2.24, 2.45) is 5.92 Å². The van der Waals surface area contributed by atoms with Crippen LogP contribution in [-0.4, -0.2) is 34.1 Å². The van der Waals surface area contributed by atoms with Crippen LogP contribution in [0.4, 0.5) is 0 Å². The first-order chi connectivity index (χ1) is 7.50. The molecule has 0 aromatic heterocycles. The zero-order valence-electron chi connectivity index (χ0n) is 10.4. The van der Waals surface area contributed by atoms with Gasteiger partial charge in [-0.2, -0.15) is 0 Å². The third kappa shape index (κ3) is 2.24. The van der Waals surface area contributed by atoms with Crippen LogP contribution in [0, 0.1) is 5.92 Å². The van der Waals surface area contributed by atoms with Gasteiger partial charge in [-0.25, -0.2) is 0 Å². The highest BCUT2D eigenvalue weighted by Crippen LogP contribution is 2.36. The second-order valence-electron chi connectivity index (χ2n) is 5.81. The van der Waals surface area contributed by atoms with E-state index in [0.717, 1.165) is 19.4 Å². The number of hydrogen-bond acceptors (Lipinski definition) is 2. The lowest BCUT2D eigenvalue weighted by Crippen LogP contribution is -2.55. The van der Waals surface area contributed by atoms with E-state index < -0.39 is 5.60 Å². The van der Waals surface area contributed by atoms with E-state index >= 15 is 0 Å². The van der Waals surface area contributed by atoms with E-state index in [0.29, 0.717) is 12.0 Å². The quantitative estimate of drug-likeness (QED) is 0.741. The third-order valence-corrected chi connectivity index (χ3v) is 4.03. The molecule has 1 N–H and O–H groups in total. The highest BCUT2D eigenvalue weighted by Gasteiger charge is 2.39. The Balaban J connectivity index is 2.11. The number of nitrogens with zero attached hydrogens (tertiary/aromatic N) is 1. The van der Waals surface area contributed by atoms with Crippen LogP contribution in [0.2, 0.25) is 0 Å². The molecule has 2 unspecified atom stereocenters. The van der Waals surface area contributed by atoms with E-state index in [1.165, 1.54) is 25.7 Å². The minimum Gasteiger partial charge on any atom is -0.381 e. The molecule has 2 fully saturated rings. The maximum atomic E-state index is 12.2. The van der Waals surface area contributed by atoms with Crippen LogP contribution in [-0.2, 0) is 4.79 Å². The number of aliphatic hydroxyl groups is 1. The van der Waals surface area contributed by atoms with Crippen molar-refractivity contribution in [3.63, 3.8) is 0 Å². The van der Waals surface area contributed by atoms with Crippen LogP contribution in [0.15, 0.2) is 0 Å². The molecule has 16 heavy (non-hydrogen) atoms. The van der Waals surface area contributed by atoms with Gasteiger partial charge in [0.1, 0.15) is 5.60 Å². The molecule has 3 nitrogen and oxygen atoms in total. The second kappa shape index (κ2) is 4.36. The fraction of sp³-hybridized carbons (Fsp3) is 0.923. The van der Waals surface area contributed by atoms with Crippen LogP contribution < -0.4 is 0 Å².